The number of nitrogens with zero attached hydrogens (tertiary/aromatic N) is 3. The quantitative estimate of drug-likeness (QED) is 0.751. The molecule has 0 bridgehead atoms. The minimum atomic E-state index is 0.569. The van der Waals surface area contributed by atoms with Crippen LogP contribution in [0.5, 0.6) is 5.88 Å². The maximum Gasteiger partial charge on any atom is 0.233 e. The van der Waals surface area contributed by atoms with E-state index in [4.69, 9.17) is 4.74 Å². The Morgan fingerprint density at radius 2 is 2.13 bits per heavy atom. The highest BCUT2D eigenvalue weighted by molar-refractivity contribution is 5.11. The molecule has 5 heteroatoms. The van der Waals surface area contributed by atoms with Crippen LogP contribution < -0.4 is 10.1 Å². The summed E-state index contributed by atoms with van der Waals surface area (Å²) < 4.78 is 4.96. The predicted molar refractivity (Wildman–Crippen MR) is 56.7 cm³/mol. The van der Waals surface area contributed by atoms with Crippen LogP contribution >= 0.6 is 0 Å². The number of hydrogen-bond acceptors (Lipinski definition) is 5. The molecule has 1 saturated heterocycles. The predicted octanol–water partition coefficient (Wildman–Crippen LogP) is -0.110. The van der Waals surface area contributed by atoms with E-state index in [1.54, 1.807) is 7.11 Å². The molecule has 0 aromatic carbocycles. The summed E-state index contributed by atoms with van der Waals surface area (Å²) in [5, 5.41) is 11.4. The van der Waals surface area contributed by atoms with Crippen molar-refractivity contribution in [1.29, 1.82) is 0 Å². The van der Waals surface area contributed by atoms with Crippen molar-refractivity contribution < 1.29 is 4.74 Å². The Bertz CT molecular complexity index is 295. The first-order valence-electron chi connectivity index (χ1n) is 5.18. The fourth-order valence-electron chi connectivity index (χ4n) is 1.64. The first-order chi connectivity index (χ1) is 7.38. The van der Waals surface area contributed by atoms with E-state index < -0.39 is 0 Å². The lowest BCUT2D eigenvalue weighted by molar-refractivity contribution is 0.229. The van der Waals surface area contributed by atoms with E-state index in [1.165, 1.54) is 0 Å². The number of piperazine rings is 1. The van der Waals surface area contributed by atoms with Gasteiger partial charge in [0, 0.05) is 38.8 Å². The van der Waals surface area contributed by atoms with Crippen molar-refractivity contribution in [3.8, 4) is 5.88 Å². The second-order valence-electron chi connectivity index (χ2n) is 3.59. The zero-order chi connectivity index (χ0) is 10.5. The third kappa shape index (κ3) is 2.87. The molecule has 1 aromatic heterocycles. The van der Waals surface area contributed by atoms with Gasteiger partial charge in [-0.2, -0.15) is 5.10 Å². The van der Waals surface area contributed by atoms with Crippen LogP contribution in [0.1, 0.15) is 5.69 Å². The van der Waals surface area contributed by atoms with Gasteiger partial charge in [0.15, 0.2) is 0 Å². The van der Waals surface area contributed by atoms with Crippen molar-refractivity contribution in [3.05, 3.63) is 17.8 Å². The number of aromatic nitrogens is 2. The molecule has 0 spiro atoms. The van der Waals surface area contributed by atoms with Gasteiger partial charge in [-0.3, -0.25) is 4.90 Å². The molecule has 1 fully saturated rings. The maximum atomic E-state index is 4.96. The van der Waals surface area contributed by atoms with Crippen molar-refractivity contribution in [2.45, 2.75) is 6.54 Å². The monoisotopic (exact) mass is 208 g/mol. The molecule has 15 heavy (non-hydrogen) atoms. The van der Waals surface area contributed by atoms with Crippen LogP contribution in [-0.4, -0.2) is 48.4 Å². The van der Waals surface area contributed by atoms with Crippen LogP contribution in [0.3, 0.4) is 0 Å². The lowest BCUT2D eigenvalue weighted by Crippen LogP contribution is -2.43. The summed E-state index contributed by atoms with van der Waals surface area (Å²) in [6, 6.07) is 3.82. The number of nitrogens with one attached hydrogen (secondary N) is 1. The molecule has 0 aliphatic carbocycles. The van der Waals surface area contributed by atoms with Gasteiger partial charge in [-0.25, -0.2) is 0 Å². The molecule has 0 atom stereocenters. The summed E-state index contributed by atoms with van der Waals surface area (Å²) in [6.45, 7) is 5.15. The average Bonchev–Trinajstić information content (AvgIpc) is 2.31. The molecule has 2 heterocycles. The van der Waals surface area contributed by atoms with E-state index in [-0.39, 0.29) is 0 Å². The minimum Gasteiger partial charge on any atom is -0.480 e. The first kappa shape index (κ1) is 10.3. The summed E-state index contributed by atoms with van der Waals surface area (Å²) in [6.07, 6.45) is 0. The van der Waals surface area contributed by atoms with Gasteiger partial charge >= 0.3 is 0 Å². The van der Waals surface area contributed by atoms with Crippen LogP contribution in [-0.2, 0) is 6.54 Å². The highest BCUT2D eigenvalue weighted by atomic mass is 16.5. The zero-order valence-electron chi connectivity index (χ0n) is 8.94. The van der Waals surface area contributed by atoms with E-state index in [1.807, 2.05) is 12.1 Å². The van der Waals surface area contributed by atoms with Gasteiger partial charge < -0.3 is 10.1 Å². The Labute approximate surface area is 89.4 Å². The third-order valence-corrected chi connectivity index (χ3v) is 2.50. The van der Waals surface area contributed by atoms with Gasteiger partial charge in [0.2, 0.25) is 5.88 Å². The second-order valence-corrected chi connectivity index (χ2v) is 3.59. The van der Waals surface area contributed by atoms with Crippen molar-refractivity contribution in [2.24, 2.45) is 0 Å². The van der Waals surface area contributed by atoms with Crippen LogP contribution in [0.15, 0.2) is 12.1 Å². The van der Waals surface area contributed by atoms with Crippen molar-refractivity contribution in [2.75, 3.05) is 33.3 Å². The van der Waals surface area contributed by atoms with Gasteiger partial charge in [0.25, 0.3) is 0 Å². The second kappa shape index (κ2) is 5.04. The van der Waals surface area contributed by atoms with E-state index in [0.717, 1.165) is 38.4 Å². The van der Waals surface area contributed by atoms with Gasteiger partial charge in [-0.1, -0.05) is 0 Å². The molecule has 1 N–H and O–H groups in total. The fraction of sp³-hybridized carbons (Fsp3) is 0.600. The summed E-state index contributed by atoms with van der Waals surface area (Å²) in [5.41, 5.74) is 0.998. The molecule has 0 unspecified atom stereocenters. The Hall–Kier alpha value is -1.20. The Balaban J connectivity index is 1.91. The van der Waals surface area contributed by atoms with E-state index in [2.05, 4.69) is 20.4 Å². The van der Waals surface area contributed by atoms with Crippen LogP contribution in [0, 0.1) is 0 Å². The molecular formula is C10H16N4O. The lowest BCUT2D eigenvalue weighted by atomic mass is 10.3. The van der Waals surface area contributed by atoms with Gasteiger partial charge in [-0.15, -0.1) is 5.10 Å². The topological polar surface area (TPSA) is 50.3 Å². The molecule has 0 saturated carbocycles. The summed E-state index contributed by atoms with van der Waals surface area (Å²) in [5.74, 6) is 0.569. The van der Waals surface area contributed by atoms with E-state index in [9.17, 15) is 0 Å². The molecule has 1 aliphatic rings. The number of rotatable bonds is 3. The summed E-state index contributed by atoms with van der Waals surface area (Å²) >= 11 is 0. The molecule has 82 valence electrons. The molecular weight excluding hydrogens is 192 g/mol. The first-order valence-corrected chi connectivity index (χ1v) is 5.18. The summed E-state index contributed by atoms with van der Waals surface area (Å²) in [7, 11) is 1.60. The fourth-order valence-corrected chi connectivity index (χ4v) is 1.64. The van der Waals surface area contributed by atoms with Gasteiger partial charge in [0.1, 0.15) is 0 Å². The zero-order valence-corrected chi connectivity index (χ0v) is 8.94. The van der Waals surface area contributed by atoms with Gasteiger partial charge in [-0.05, 0) is 6.07 Å². The lowest BCUT2D eigenvalue weighted by Gasteiger charge is -2.26. The van der Waals surface area contributed by atoms with Gasteiger partial charge in [0.05, 0.1) is 12.8 Å². The average molecular weight is 208 g/mol. The van der Waals surface area contributed by atoms with Crippen LogP contribution in [0.25, 0.3) is 0 Å². The van der Waals surface area contributed by atoms with E-state index in [0.29, 0.717) is 5.88 Å². The minimum absolute atomic E-state index is 0.569. The molecule has 0 radical (unpaired) electrons. The highest BCUT2D eigenvalue weighted by Crippen LogP contribution is 2.06. The Morgan fingerprint density at radius 1 is 1.33 bits per heavy atom. The Kier molecular flexibility index (Phi) is 3.47. The number of hydrogen-bond donors (Lipinski definition) is 1. The molecule has 2 rings (SSSR count). The normalized spacial score (nSPS) is 17.7. The maximum absolute atomic E-state index is 4.96. The molecule has 1 aliphatic heterocycles. The molecule has 1 aromatic rings. The third-order valence-electron chi connectivity index (χ3n) is 2.50. The largest absolute Gasteiger partial charge is 0.480 e. The highest BCUT2D eigenvalue weighted by Gasteiger charge is 2.10. The number of ether oxygens (including phenoxy) is 1. The van der Waals surface area contributed by atoms with Crippen molar-refractivity contribution in [1.82, 2.24) is 20.4 Å². The molecule has 5 nitrogen and oxygen atoms in total. The van der Waals surface area contributed by atoms with Crippen LogP contribution in [0.2, 0.25) is 0 Å². The molecule has 0 amide bonds. The van der Waals surface area contributed by atoms with Crippen molar-refractivity contribution in [3.63, 3.8) is 0 Å². The van der Waals surface area contributed by atoms with Crippen molar-refractivity contribution >= 4 is 0 Å². The SMILES string of the molecule is COc1ccc(CN2CCNCC2)nn1. The smallest absolute Gasteiger partial charge is 0.233 e. The number of methoxy groups -OCH3 is 1. The Morgan fingerprint density at radius 3 is 2.73 bits per heavy atom. The standard InChI is InChI=1S/C10H16N4O/c1-15-10-3-2-9(12-13-10)8-14-6-4-11-5-7-14/h2-3,11H,4-8H2,1H3. The van der Waals surface area contributed by atoms with E-state index >= 15 is 0 Å². The van der Waals surface area contributed by atoms with Crippen LogP contribution in [0.4, 0.5) is 0 Å². The summed E-state index contributed by atoms with van der Waals surface area (Å²) in [4.78, 5) is 2.37.